The minimum atomic E-state index is -0.752. The molecule has 4 N–H and O–H groups in total. The second-order valence-electron chi connectivity index (χ2n) is 3.03. The van der Waals surface area contributed by atoms with Gasteiger partial charge in [-0.25, -0.2) is 0 Å². The van der Waals surface area contributed by atoms with Gasteiger partial charge in [0, 0.05) is 7.11 Å². The average Bonchev–Trinajstić information content (AvgIpc) is 2.04. The first-order valence-corrected chi connectivity index (χ1v) is 4.39. The van der Waals surface area contributed by atoms with Crippen LogP contribution in [0.3, 0.4) is 0 Å². The van der Waals surface area contributed by atoms with Gasteiger partial charge in [0.1, 0.15) is 0 Å². The van der Waals surface area contributed by atoms with Gasteiger partial charge in [-0.15, -0.1) is 0 Å². The number of hydrogen-bond donors (Lipinski definition) is 2. The molecule has 13 heavy (non-hydrogen) atoms. The molecule has 2 unspecified atom stereocenters. The van der Waals surface area contributed by atoms with Crippen molar-refractivity contribution in [3.63, 3.8) is 0 Å². The van der Waals surface area contributed by atoms with Crippen molar-refractivity contribution in [2.75, 3.05) is 7.11 Å². The van der Waals surface area contributed by atoms with Crippen LogP contribution in [0.15, 0.2) is 0 Å². The Morgan fingerprint density at radius 3 is 2.38 bits per heavy atom. The predicted octanol–water partition coefficient (Wildman–Crippen LogP) is 2.07. The van der Waals surface area contributed by atoms with Gasteiger partial charge in [0.25, 0.3) is 0 Å². The van der Waals surface area contributed by atoms with Crippen molar-refractivity contribution in [3.8, 4) is 0 Å². The third-order valence-corrected chi connectivity index (χ3v) is 2.12. The molecule has 0 radical (unpaired) electrons. The van der Waals surface area contributed by atoms with E-state index in [2.05, 4.69) is 6.92 Å². The third-order valence-electron chi connectivity index (χ3n) is 2.12. The summed E-state index contributed by atoms with van der Waals surface area (Å²) in [6.45, 7) is 3.85. The highest BCUT2D eigenvalue weighted by atomic mass is 16.5. The summed E-state index contributed by atoms with van der Waals surface area (Å²) >= 11 is 0. The van der Waals surface area contributed by atoms with E-state index in [9.17, 15) is 4.79 Å². The van der Waals surface area contributed by atoms with E-state index in [0.29, 0.717) is 6.42 Å². The molecule has 0 aromatic rings. The first-order chi connectivity index (χ1) is 5.63. The minimum Gasteiger partial charge on any atom is -0.481 e. The summed E-state index contributed by atoms with van der Waals surface area (Å²) in [5, 5.41) is 8.82. The average molecular weight is 191 g/mol. The molecule has 2 atom stereocenters. The van der Waals surface area contributed by atoms with Crippen LogP contribution in [0.5, 0.6) is 0 Å². The fourth-order valence-electron chi connectivity index (χ4n) is 1.15. The molecule has 0 aliphatic carbocycles. The lowest BCUT2D eigenvalue weighted by Gasteiger charge is -2.17. The first-order valence-electron chi connectivity index (χ1n) is 4.39. The molecular weight excluding hydrogens is 170 g/mol. The van der Waals surface area contributed by atoms with Crippen molar-refractivity contribution in [1.82, 2.24) is 6.15 Å². The van der Waals surface area contributed by atoms with E-state index in [1.807, 2.05) is 0 Å². The molecule has 0 fully saturated rings. The highest BCUT2D eigenvalue weighted by molar-refractivity contribution is 5.70. The van der Waals surface area contributed by atoms with Crippen LogP contribution >= 0.6 is 0 Å². The van der Waals surface area contributed by atoms with Crippen molar-refractivity contribution >= 4 is 5.97 Å². The quantitative estimate of drug-likeness (QED) is 0.673. The van der Waals surface area contributed by atoms with E-state index < -0.39 is 5.97 Å². The lowest BCUT2D eigenvalue weighted by Crippen LogP contribution is -2.27. The summed E-state index contributed by atoms with van der Waals surface area (Å²) in [7, 11) is 1.55. The monoisotopic (exact) mass is 191 g/mol. The van der Waals surface area contributed by atoms with Gasteiger partial charge in [0.15, 0.2) is 0 Å². The molecule has 0 aromatic heterocycles. The molecule has 0 aromatic carbocycles. The summed E-state index contributed by atoms with van der Waals surface area (Å²) in [5.74, 6) is -1.10. The van der Waals surface area contributed by atoms with Crippen LogP contribution in [-0.4, -0.2) is 24.3 Å². The Morgan fingerprint density at radius 1 is 1.54 bits per heavy atom. The van der Waals surface area contributed by atoms with Crippen molar-refractivity contribution in [3.05, 3.63) is 0 Å². The summed E-state index contributed by atoms with van der Waals surface area (Å²) in [5.41, 5.74) is 0. The number of ether oxygens (including phenoxy) is 1. The molecule has 4 heteroatoms. The Morgan fingerprint density at radius 2 is 2.08 bits per heavy atom. The Bertz CT molecular complexity index is 139. The maximum atomic E-state index is 10.7. The number of methoxy groups -OCH3 is 1. The number of carboxylic acid groups (broad SMARTS) is 1. The van der Waals surface area contributed by atoms with Crippen molar-refractivity contribution in [2.24, 2.45) is 5.92 Å². The Kier molecular flexibility index (Phi) is 9.17. The summed E-state index contributed by atoms with van der Waals surface area (Å²) < 4.78 is 4.99. The molecule has 0 heterocycles. The van der Waals surface area contributed by atoms with E-state index in [-0.39, 0.29) is 18.2 Å². The van der Waals surface area contributed by atoms with Crippen LogP contribution in [0.2, 0.25) is 0 Å². The molecule has 0 aliphatic heterocycles. The van der Waals surface area contributed by atoms with Crippen molar-refractivity contribution in [1.29, 1.82) is 0 Å². The zero-order valence-electron chi connectivity index (χ0n) is 8.75. The molecule has 0 amide bonds. The maximum absolute atomic E-state index is 10.7. The van der Waals surface area contributed by atoms with Crippen LogP contribution in [0.1, 0.15) is 33.1 Å². The highest BCUT2D eigenvalue weighted by Gasteiger charge is 2.23. The zero-order chi connectivity index (χ0) is 9.56. The van der Waals surface area contributed by atoms with Gasteiger partial charge >= 0.3 is 5.97 Å². The maximum Gasteiger partial charge on any atom is 0.309 e. The largest absolute Gasteiger partial charge is 0.481 e. The molecule has 0 aliphatic rings. The molecular formula is C9H21NO3. The smallest absolute Gasteiger partial charge is 0.309 e. The van der Waals surface area contributed by atoms with Gasteiger partial charge in [-0.1, -0.05) is 19.8 Å². The van der Waals surface area contributed by atoms with Crippen molar-refractivity contribution < 1.29 is 14.6 Å². The molecule has 80 valence electrons. The Labute approximate surface area is 79.9 Å². The van der Waals surface area contributed by atoms with E-state index in [1.54, 1.807) is 14.0 Å². The lowest BCUT2D eigenvalue weighted by molar-refractivity contribution is -0.146. The second-order valence-corrected chi connectivity index (χ2v) is 3.03. The van der Waals surface area contributed by atoms with Crippen LogP contribution in [0.4, 0.5) is 0 Å². The van der Waals surface area contributed by atoms with Gasteiger partial charge in [0.05, 0.1) is 12.0 Å². The summed E-state index contributed by atoms with van der Waals surface area (Å²) in [4.78, 5) is 10.7. The first kappa shape index (κ1) is 14.9. The number of unbranched alkanes of at least 4 members (excludes halogenated alkanes) is 1. The van der Waals surface area contributed by atoms with E-state index >= 15 is 0 Å². The zero-order valence-corrected chi connectivity index (χ0v) is 8.75. The fraction of sp³-hybridized carbons (Fsp3) is 0.889. The Balaban J connectivity index is 0. The SMILES string of the molecule is CCCCC(C(=O)O)C(C)OC.N. The summed E-state index contributed by atoms with van der Waals surface area (Å²) in [6.07, 6.45) is 2.50. The fourth-order valence-corrected chi connectivity index (χ4v) is 1.15. The number of aliphatic carboxylic acids is 1. The molecule has 0 rings (SSSR count). The standard InChI is InChI=1S/C9H18O3.H3N/c1-4-5-6-8(9(10)11)7(2)12-3;/h7-8H,4-6H2,1-3H3,(H,10,11);1H3. The molecule has 0 spiro atoms. The van der Waals surface area contributed by atoms with Gasteiger partial charge in [0.2, 0.25) is 0 Å². The summed E-state index contributed by atoms with van der Waals surface area (Å²) in [6, 6.07) is 0. The van der Waals surface area contributed by atoms with Crippen LogP contribution in [0.25, 0.3) is 0 Å². The number of rotatable bonds is 6. The predicted molar refractivity (Wildman–Crippen MR) is 52.1 cm³/mol. The lowest BCUT2D eigenvalue weighted by atomic mass is 9.97. The minimum absolute atomic E-state index is 0. The molecule has 4 nitrogen and oxygen atoms in total. The van der Waals surface area contributed by atoms with Gasteiger partial charge < -0.3 is 16.0 Å². The number of hydrogen-bond acceptors (Lipinski definition) is 3. The van der Waals surface area contributed by atoms with E-state index in [0.717, 1.165) is 12.8 Å². The normalized spacial score (nSPS) is 14.4. The number of carboxylic acids is 1. The third kappa shape index (κ3) is 5.60. The number of carbonyl (C=O) groups is 1. The molecule has 0 bridgehead atoms. The van der Waals surface area contributed by atoms with Gasteiger partial charge in [-0.3, -0.25) is 4.79 Å². The van der Waals surface area contributed by atoms with Gasteiger partial charge in [-0.05, 0) is 13.3 Å². The topological polar surface area (TPSA) is 81.5 Å². The Hall–Kier alpha value is -0.610. The molecule has 0 saturated carbocycles. The van der Waals surface area contributed by atoms with Gasteiger partial charge in [-0.2, -0.15) is 0 Å². The van der Waals surface area contributed by atoms with Crippen LogP contribution in [-0.2, 0) is 9.53 Å². The van der Waals surface area contributed by atoms with Crippen LogP contribution in [0, 0.1) is 5.92 Å². The van der Waals surface area contributed by atoms with Crippen LogP contribution < -0.4 is 6.15 Å². The second kappa shape index (κ2) is 8.01. The van der Waals surface area contributed by atoms with E-state index in [1.165, 1.54) is 0 Å². The van der Waals surface area contributed by atoms with Crippen molar-refractivity contribution in [2.45, 2.75) is 39.2 Å². The molecule has 0 saturated heterocycles. The highest BCUT2D eigenvalue weighted by Crippen LogP contribution is 2.15. The van der Waals surface area contributed by atoms with E-state index in [4.69, 9.17) is 9.84 Å².